The molecule has 1 N–H and O–H groups in total. The third kappa shape index (κ3) is 2.13. The Kier molecular flexibility index (Phi) is 3.29. The van der Waals surface area contributed by atoms with Gasteiger partial charge in [-0.1, -0.05) is 24.3 Å². The van der Waals surface area contributed by atoms with Crippen LogP contribution in [0.4, 0.5) is 0 Å². The zero-order valence-electron chi connectivity index (χ0n) is 11.6. The second-order valence-corrected chi connectivity index (χ2v) is 6.93. The number of para-hydroxylation sites is 1. The zero-order chi connectivity index (χ0) is 14.5. The van der Waals surface area contributed by atoms with Crippen LogP contribution in [0, 0.1) is 0 Å². The van der Waals surface area contributed by atoms with Gasteiger partial charge in [0.2, 0.25) is 0 Å². The van der Waals surface area contributed by atoms with Crippen molar-refractivity contribution in [2.75, 3.05) is 6.54 Å². The first-order valence-corrected chi connectivity index (χ1v) is 7.81. The molecule has 20 heavy (non-hydrogen) atoms. The fourth-order valence-electron chi connectivity index (χ4n) is 2.90. The number of thiocarbonyl (C=S) groups is 1. The number of hydrogen-bond donors (Lipinski definition) is 1. The van der Waals surface area contributed by atoms with Crippen molar-refractivity contribution in [3.05, 3.63) is 40.4 Å². The van der Waals surface area contributed by atoms with Gasteiger partial charge in [-0.05, 0) is 48.1 Å². The smallest absolute Gasteiger partial charge is 0.184 e. The normalized spacial score (nSPS) is 27.4. The Morgan fingerprint density at radius 2 is 2.40 bits per heavy atom. The number of ether oxygens (including phenoxy) is 1. The van der Waals surface area contributed by atoms with Gasteiger partial charge in [-0.2, -0.15) is 0 Å². The number of halogens is 1. The molecular weight excluding hydrogens is 336 g/mol. The highest BCUT2D eigenvalue weighted by Gasteiger charge is 2.47. The number of hydrogen-bond acceptors (Lipinski definition) is 2. The number of rotatable bonds is 2. The van der Waals surface area contributed by atoms with Gasteiger partial charge in [-0.3, -0.25) is 0 Å². The molecule has 1 saturated heterocycles. The number of benzene rings is 1. The Bertz CT molecular complexity index is 604. The summed E-state index contributed by atoms with van der Waals surface area (Å²) < 4.78 is 7.30. The molecular formula is C15H17BrN2OS. The highest BCUT2D eigenvalue weighted by molar-refractivity contribution is 9.10. The van der Waals surface area contributed by atoms with Crippen molar-refractivity contribution in [2.24, 2.45) is 0 Å². The molecule has 2 unspecified atom stereocenters. The van der Waals surface area contributed by atoms with Crippen LogP contribution >= 0.6 is 28.1 Å². The van der Waals surface area contributed by atoms with E-state index < -0.39 is 5.72 Å². The summed E-state index contributed by atoms with van der Waals surface area (Å²) in [7, 11) is 0. The lowest BCUT2D eigenvalue weighted by atomic mass is 9.90. The minimum Gasteiger partial charge on any atom is -0.467 e. The first kappa shape index (κ1) is 13.9. The SMILES string of the molecule is C=C(C)CN1C(=S)NC2CC1(C)Oc1c(Br)cccc12. The van der Waals surface area contributed by atoms with E-state index in [0.717, 1.165) is 32.9 Å². The Morgan fingerprint density at radius 3 is 3.10 bits per heavy atom. The minimum absolute atomic E-state index is 0.204. The van der Waals surface area contributed by atoms with Gasteiger partial charge in [0.05, 0.1) is 10.5 Å². The predicted octanol–water partition coefficient (Wildman–Crippen LogP) is 3.76. The van der Waals surface area contributed by atoms with Gasteiger partial charge < -0.3 is 15.0 Å². The maximum Gasteiger partial charge on any atom is 0.184 e. The van der Waals surface area contributed by atoms with E-state index in [0.29, 0.717) is 6.54 Å². The van der Waals surface area contributed by atoms with Crippen molar-refractivity contribution in [1.29, 1.82) is 0 Å². The van der Waals surface area contributed by atoms with Crippen molar-refractivity contribution in [3.63, 3.8) is 0 Å². The van der Waals surface area contributed by atoms with Gasteiger partial charge in [0.15, 0.2) is 10.8 Å². The first-order chi connectivity index (χ1) is 9.40. The highest BCUT2D eigenvalue weighted by Crippen LogP contribution is 2.46. The molecule has 2 aliphatic rings. The monoisotopic (exact) mass is 352 g/mol. The lowest BCUT2D eigenvalue weighted by Crippen LogP contribution is -2.64. The summed E-state index contributed by atoms with van der Waals surface area (Å²) in [6, 6.07) is 6.33. The van der Waals surface area contributed by atoms with E-state index in [1.165, 1.54) is 0 Å². The standard InChI is InChI=1S/C15H17BrN2OS/c1-9(2)8-18-14(20)17-12-7-15(18,3)19-13-10(12)5-4-6-11(13)16/h4-6,12H,1,7-8H2,2-3H3,(H,17,20). The second kappa shape index (κ2) is 4.74. The van der Waals surface area contributed by atoms with E-state index in [-0.39, 0.29) is 6.04 Å². The first-order valence-electron chi connectivity index (χ1n) is 6.61. The van der Waals surface area contributed by atoms with Gasteiger partial charge in [-0.15, -0.1) is 0 Å². The van der Waals surface area contributed by atoms with Gasteiger partial charge in [0.1, 0.15) is 5.75 Å². The van der Waals surface area contributed by atoms with E-state index in [9.17, 15) is 0 Å². The van der Waals surface area contributed by atoms with Crippen LogP contribution in [0.25, 0.3) is 0 Å². The quantitative estimate of drug-likeness (QED) is 0.647. The molecule has 0 spiro atoms. The Labute approximate surface area is 133 Å². The maximum absolute atomic E-state index is 6.32. The topological polar surface area (TPSA) is 24.5 Å². The summed E-state index contributed by atoms with van der Waals surface area (Å²) in [6.07, 6.45) is 0.865. The van der Waals surface area contributed by atoms with Crippen molar-refractivity contribution in [2.45, 2.75) is 32.0 Å². The van der Waals surface area contributed by atoms with Gasteiger partial charge >= 0.3 is 0 Å². The van der Waals surface area contributed by atoms with Crippen molar-refractivity contribution in [3.8, 4) is 5.75 Å². The Morgan fingerprint density at radius 1 is 1.65 bits per heavy atom. The molecule has 0 amide bonds. The van der Waals surface area contributed by atoms with Crippen LogP contribution in [0.15, 0.2) is 34.8 Å². The molecule has 2 aliphatic heterocycles. The number of fused-ring (bicyclic) bond motifs is 4. The van der Waals surface area contributed by atoms with Crippen molar-refractivity contribution in [1.82, 2.24) is 10.2 Å². The average Bonchev–Trinajstić information content (AvgIpc) is 2.36. The summed E-state index contributed by atoms with van der Waals surface area (Å²) in [5, 5.41) is 4.16. The molecule has 2 bridgehead atoms. The molecule has 5 heteroatoms. The van der Waals surface area contributed by atoms with Crippen molar-refractivity contribution < 1.29 is 4.74 Å². The van der Waals surface area contributed by atoms with Crippen LogP contribution < -0.4 is 10.1 Å². The lowest BCUT2D eigenvalue weighted by molar-refractivity contribution is -0.0647. The van der Waals surface area contributed by atoms with Crippen LogP contribution in [0.2, 0.25) is 0 Å². The summed E-state index contributed by atoms with van der Waals surface area (Å²) in [5.41, 5.74) is 1.80. The van der Waals surface area contributed by atoms with Crippen LogP contribution in [0.1, 0.15) is 31.9 Å². The summed E-state index contributed by atoms with van der Waals surface area (Å²) in [5.74, 6) is 0.910. The van der Waals surface area contributed by atoms with Gasteiger partial charge in [-0.25, -0.2) is 0 Å². The molecule has 0 aliphatic carbocycles. The highest BCUT2D eigenvalue weighted by atomic mass is 79.9. The fourth-order valence-corrected chi connectivity index (χ4v) is 3.77. The largest absolute Gasteiger partial charge is 0.467 e. The Balaban J connectivity index is 2.05. The van der Waals surface area contributed by atoms with Crippen LogP contribution in [0.3, 0.4) is 0 Å². The lowest BCUT2D eigenvalue weighted by Gasteiger charge is -2.52. The van der Waals surface area contributed by atoms with E-state index in [4.69, 9.17) is 17.0 Å². The molecule has 1 aromatic rings. The molecule has 2 atom stereocenters. The fraction of sp³-hybridized carbons (Fsp3) is 0.400. The molecule has 1 fully saturated rings. The second-order valence-electron chi connectivity index (χ2n) is 5.68. The summed E-state index contributed by atoms with van der Waals surface area (Å²) in [4.78, 5) is 2.09. The average molecular weight is 353 g/mol. The van der Waals surface area contributed by atoms with Crippen LogP contribution in [-0.4, -0.2) is 22.3 Å². The van der Waals surface area contributed by atoms with E-state index in [2.05, 4.69) is 45.7 Å². The molecule has 0 radical (unpaired) electrons. The molecule has 3 rings (SSSR count). The Hall–Kier alpha value is -1.07. The van der Waals surface area contributed by atoms with E-state index >= 15 is 0 Å². The number of nitrogens with zero attached hydrogens (tertiary/aromatic N) is 1. The molecule has 0 saturated carbocycles. The molecule has 3 nitrogen and oxygen atoms in total. The number of nitrogens with one attached hydrogen (secondary N) is 1. The third-order valence-corrected chi connectivity index (χ3v) is 4.78. The van der Waals surface area contributed by atoms with E-state index in [1.54, 1.807) is 0 Å². The summed E-state index contributed by atoms with van der Waals surface area (Å²) >= 11 is 9.09. The van der Waals surface area contributed by atoms with E-state index in [1.807, 2.05) is 19.1 Å². The molecule has 2 heterocycles. The summed E-state index contributed by atoms with van der Waals surface area (Å²) in [6.45, 7) is 8.79. The van der Waals surface area contributed by atoms with Gasteiger partial charge in [0.25, 0.3) is 0 Å². The zero-order valence-corrected chi connectivity index (χ0v) is 14.0. The predicted molar refractivity (Wildman–Crippen MR) is 87.8 cm³/mol. The van der Waals surface area contributed by atoms with Crippen LogP contribution in [-0.2, 0) is 0 Å². The minimum atomic E-state index is -0.428. The van der Waals surface area contributed by atoms with Gasteiger partial charge in [0, 0.05) is 18.5 Å². The third-order valence-electron chi connectivity index (χ3n) is 3.82. The molecule has 0 aromatic heterocycles. The van der Waals surface area contributed by atoms with Crippen molar-refractivity contribution >= 4 is 33.3 Å². The molecule has 106 valence electrons. The molecule has 1 aromatic carbocycles. The maximum atomic E-state index is 6.32. The van der Waals surface area contributed by atoms with Crippen LogP contribution in [0.5, 0.6) is 5.75 Å².